The van der Waals surface area contributed by atoms with E-state index in [0.29, 0.717) is 5.56 Å². The lowest BCUT2D eigenvalue weighted by Gasteiger charge is -1.92. The molecule has 4 nitrogen and oxygen atoms in total. The summed E-state index contributed by atoms with van der Waals surface area (Å²) in [5.74, 6) is -1.66. The van der Waals surface area contributed by atoms with Gasteiger partial charge in [0.05, 0.1) is 12.0 Å². The Bertz CT molecular complexity index is 520. The molecule has 19 heavy (non-hydrogen) atoms. The maximum atomic E-state index is 10.2. The quantitative estimate of drug-likeness (QED) is 0.887. The minimum Gasteiger partial charge on any atom is -0.481 e. The van der Waals surface area contributed by atoms with Gasteiger partial charge in [0.1, 0.15) is 0 Å². The molecule has 2 rings (SSSR count). The molecular weight excluding hydrogens is 244 g/mol. The molecule has 4 heteroatoms. The molecule has 0 aliphatic heterocycles. The molecule has 0 fully saturated rings. The monoisotopic (exact) mass is 258 g/mol. The van der Waals surface area contributed by atoms with Crippen molar-refractivity contribution >= 4 is 11.9 Å². The molecule has 0 spiro atoms. The molecule has 2 aromatic carbocycles. The van der Waals surface area contributed by atoms with Crippen molar-refractivity contribution in [3.8, 4) is 0 Å². The first-order valence-electron chi connectivity index (χ1n) is 5.63. The Labute approximate surface area is 111 Å². The van der Waals surface area contributed by atoms with Gasteiger partial charge in [-0.3, -0.25) is 4.79 Å². The van der Waals surface area contributed by atoms with Crippen LogP contribution in [0, 0.1) is 0 Å². The fourth-order valence-electron chi connectivity index (χ4n) is 1.35. The van der Waals surface area contributed by atoms with E-state index in [9.17, 15) is 9.59 Å². The predicted octanol–water partition coefficient (Wildman–Crippen LogP) is 2.70. The van der Waals surface area contributed by atoms with E-state index in [4.69, 9.17) is 10.2 Å². The number of carboxylic acid groups (broad SMARTS) is 2. The van der Waals surface area contributed by atoms with E-state index < -0.39 is 11.9 Å². The summed E-state index contributed by atoms with van der Waals surface area (Å²) >= 11 is 0. The third-order valence-electron chi connectivity index (χ3n) is 2.22. The Kier molecular flexibility index (Phi) is 5.82. The SMILES string of the molecule is O=C(O)Cc1ccccc1.O=C(O)c1ccccc1. The molecule has 0 aliphatic carbocycles. The lowest BCUT2D eigenvalue weighted by molar-refractivity contribution is -0.136. The molecule has 98 valence electrons. The largest absolute Gasteiger partial charge is 0.481 e. The molecule has 0 bridgehead atoms. The van der Waals surface area contributed by atoms with Crippen molar-refractivity contribution < 1.29 is 19.8 Å². The number of aromatic carboxylic acids is 1. The van der Waals surface area contributed by atoms with Crippen LogP contribution in [0.25, 0.3) is 0 Å². The molecule has 0 heterocycles. The zero-order valence-electron chi connectivity index (χ0n) is 10.2. The standard InChI is InChI=1S/C8H8O2.C7H6O2/c9-8(10)6-7-4-2-1-3-5-7;8-7(9)6-4-2-1-3-5-6/h1-5H,6H2,(H,9,10);1-5H,(H,8,9). The van der Waals surface area contributed by atoms with E-state index in [-0.39, 0.29) is 6.42 Å². The summed E-state index contributed by atoms with van der Waals surface area (Å²) in [6.45, 7) is 0. The Morgan fingerprint density at radius 1 is 0.789 bits per heavy atom. The van der Waals surface area contributed by atoms with Gasteiger partial charge in [0, 0.05) is 0 Å². The first-order valence-corrected chi connectivity index (χ1v) is 5.63. The first kappa shape index (κ1) is 14.4. The summed E-state index contributed by atoms with van der Waals surface area (Å²) in [7, 11) is 0. The smallest absolute Gasteiger partial charge is 0.335 e. The number of carboxylic acids is 2. The third kappa shape index (κ3) is 6.02. The van der Waals surface area contributed by atoms with Crippen LogP contribution in [0.5, 0.6) is 0 Å². The van der Waals surface area contributed by atoms with Crippen LogP contribution in [0.4, 0.5) is 0 Å². The van der Waals surface area contributed by atoms with E-state index in [1.54, 1.807) is 42.5 Å². The van der Waals surface area contributed by atoms with Gasteiger partial charge in [0.25, 0.3) is 0 Å². The average Bonchev–Trinajstić information content (AvgIpc) is 2.41. The van der Waals surface area contributed by atoms with E-state index in [1.165, 1.54) is 0 Å². The molecule has 2 aromatic rings. The molecule has 0 atom stereocenters. The molecular formula is C15H14O4. The lowest BCUT2D eigenvalue weighted by Crippen LogP contribution is -1.98. The van der Waals surface area contributed by atoms with Crippen molar-refractivity contribution in [2.45, 2.75) is 6.42 Å². The molecule has 0 saturated carbocycles. The topological polar surface area (TPSA) is 74.6 Å². The minimum absolute atomic E-state index is 0.112. The van der Waals surface area contributed by atoms with Gasteiger partial charge >= 0.3 is 11.9 Å². The van der Waals surface area contributed by atoms with E-state index in [0.717, 1.165) is 5.56 Å². The number of hydrogen-bond donors (Lipinski definition) is 2. The van der Waals surface area contributed by atoms with Gasteiger partial charge < -0.3 is 10.2 Å². The van der Waals surface area contributed by atoms with Gasteiger partial charge in [0.2, 0.25) is 0 Å². The van der Waals surface area contributed by atoms with Crippen molar-refractivity contribution in [2.75, 3.05) is 0 Å². The van der Waals surface area contributed by atoms with Crippen LogP contribution in [0.1, 0.15) is 15.9 Å². The second kappa shape index (κ2) is 7.66. The Morgan fingerprint density at radius 3 is 1.63 bits per heavy atom. The van der Waals surface area contributed by atoms with Crippen LogP contribution in [-0.4, -0.2) is 22.2 Å². The van der Waals surface area contributed by atoms with Gasteiger partial charge in [-0.15, -0.1) is 0 Å². The summed E-state index contributed by atoms with van der Waals surface area (Å²) in [6.07, 6.45) is 0.112. The van der Waals surface area contributed by atoms with Crippen molar-refractivity contribution in [3.05, 3.63) is 71.8 Å². The highest BCUT2D eigenvalue weighted by atomic mass is 16.4. The predicted molar refractivity (Wildman–Crippen MR) is 71.2 cm³/mol. The molecule has 2 N–H and O–H groups in total. The number of aliphatic carboxylic acids is 1. The summed E-state index contributed by atoms with van der Waals surface area (Å²) in [4.78, 5) is 20.4. The Hall–Kier alpha value is -2.62. The van der Waals surface area contributed by atoms with Gasteiger partial charge in [0.15, 0.2) is 0 Å². The maximum absolute atomic E-state index is 10.2. The fraction of sp³-hybridized carbons (Fsp3) is 0.0667. The molecule has 0 unspecified atom stereocenters. The number of rotatable bonds is 3. The average molecular weight is 258 g/mol. The van der Waals surface area contributed by atoms with E-state index >= 15 is 0 Å². The van der Waals surface area contributed by atoms with Crippen LogP contribution >= 0.6 is 0 Å². The number of carbonyl (C=O) groups is 2. The van der Waals surface area contributed by atoms with Crippen molar-refractivity contribution in [2.24, 2.45) is 0 Å². The van der Waals surface area contributed by atoms with Crippen molar-refractivity contribution in [1.82, 2.24) is 0 Å². The van der Waals surface area contributed by atoms with Gasteiger partial charge in [-0.2, -0.15) is 0 Å². The van der Waals surface area contributed by atoms with Crippen LogP contribution in [-0.2, 0) is 11.2 Å². The normalized spacial score (nSPS) is 9.05. The minimum atomic E-state index is -0.879. The highest BCUT2D eigenvalue weighted by molar-refractivity contribution is 5.87. The lowest BCUT2D eigenvalue weighted by atomic mass is 10.2. The molecule has 0 saturated heterocycles. The molecule has 0 aromatic heterocycles. The van der Waals surface area contributed by atoms with Crippen LogP contribution in [0.3, 0.4) is 0 Å². The highest BCUT2D eigenvalue weighted by Gasteiger charge is 1.97. The zero-order chi connectivity index (χ0) is 14.1. The zero-order valence-corrected chi connectivity index (χ0v) is 10.2. The fourth-order valence-corrected chi connectivity index (χ4v) is 1.35. The third-order valence-corrected chi connectivity index (χ3v) is 2.22. The van der Waals surface area contributed by atoms with Gasteiger partial charge in [-0.25, -0.2) is 4.79 Å². The van der Waals surface area contributed by atoms with E-state index in [1.807, 2.05) is 18.2 Å². The van der Waals surface area contributed by atoms with Crippen LogP contribution in [0.15, 0.2) is 60.7 Å². The second-order valence-corrected chi connectivity index (χ2v) is 3.73. The molecule has 0 aliphatic rings. The Morgan fingerprint density at radius 2 is 1.26 bits per heavy atom. The van der Waals surface area contributed by atoms with Gasteiger partial charge in [-0.1, -0.05) is 48.5 Å². The molecule has 0 amide bonds. The highest BCUT2D eigenvalue weighted by Crippen LogP contribution is 1.98. The van der Waals surface area contributed by atoms with Crippen LogP contribution in [0.2, 0.25) is 0 Å². The summed E-state index contributed by atoms with van der Waals surface area (Å²) in [5.41, 5.74) is 1.17. The van der Waals surface area contributed by atoms with Crippen molar-refractivity contribution in [3.63, 3.8) is 0 Å². The summed E-state index contributed by atoms with van der Waals surface area (Å²) in [6, 6.07) is 17.4. The maximum Gasteiger partial charge on any atom is 0.335 e. The Balaban J connectivity index is 0.000000191. The summed E-state index contributed by atoms with van der Waals surface area (Å²) in [5, 5.41) is 16.8. The second-order valence-electron chi connectivity index (χ2n) is 3.73. The number of benzene rings is 2. The first-order chi connectivity index (χ1) is 9.09. The summed E-state index contributed by atoms with van der Waals surface area (Å²) < 4.78 is 0. The van der Waals surface area contributed by atoms with Crippen LogP contribution < -0.4 is 0 Å². The molecule has 0 radical (unpaired) electrons. The van der Waals surface area contributed by atoms with E-state index in [2.05, 4.69) is 0 Å². The van der Waals surface area contributed by atoms with Crippen molar-refractivity contribution in [1.29, 1.82) is 0 Å². The van der Waals surface area contributed by atoms with Gasteiger partial charge in [-0.05, 0) is 17.7 Å². The number of hydrogen-bond acceptors (Lipinski definition) is 2.